The van der Waals surface area contributed by atoms with Crippen LogP contribution >= 0.6 is 0 Å². The molecule has 2 aromatic heterocycles. The van der Waals surface area contributed by atoms with Crippen molar-refractivity contribution in [3.8, 4) is 0 Å². The molecule has 0 aromatic carbocycles. The highest BCUT2D eigenvalue weighted by Gasteiger charge is 2.27. The van der Waals surface area contributed by atoms with E-state index < -0.39 is 0 Å². The van der Waals surface area contributed by atoms with E-state index in [-0.39, 0.29) is 17.6 Å². The van der Waals surface area contributed by atoms with Gasteiger partial charge in [-0.15, -0.1) is 0 Å². The van der Waals surface area contributed by atoms with Crippen LogP contribution in [0.4, 0.5) is 5.82 Å². The summed E-state index contributed by atoms with van der Waals surface area (Å²) in [4.78, 5) is 39.3. The van der Waals surface area contributed by atoms with Crippen LogP contribution in [-0.2, 0) is 4.79 Å². The molecule has 2 aliphatic heterocycles. The maximum atomic E-state index is 12.7. The Labute approximate surface area is 170 Å². The number of piperazine rings is 1. The van der Waals surface area contributed by atoms with E-state index in [1.807, 2.05) is 28.0 Å². The lowest BCUT2D eigenvalue weighted by Gasteiger charge is -2.36. The van der Waals surface area contributed by atoms with E-state index in [2.05, 4.69) is 14.9 Å². The van der Waals surface area contributed by atoms with Gasteiger partial charge in [-0.05, 0) is 37.3 Å². The molecule has 0 aliphatic carbocycles. The minimum atomic E-state index is -0.107. The summed E-state index contributed by atoms with van der Waals surface area (Å²) in [5, 5.41) is 0. The molecule has 0 saturated carbocycles. The summed E-state index contributed by atoms with van der Waals surface area (Å²) in [6.45, 7) is 4.50. The van der Waals surface area contributed by atoms with Crippen molar-refractivity contribution >= 4 is 17.6 Å². The molecule has 0 N–H and O–H groups in total. The molecule has 2 aromatic rings. The van der Waals surface area contributed by atoms with Crippen molar-refractivity contribution in [2.75, 3.05) is 44.2 Å². The number of amides is 2. The lowest BCUT2D eigenvalue weighted by molar-refractivity contribution is -0.131. The third-order valence-electron chi connectivity index (χ3n) is 5.82. The predicted molar refractivity (Wildman–Crippen MR) is 107 cm³/mol. The van der Waals surface area contributed by atoms with Crippen LogP contribution < -0.4 is 4.90 Å². The van der Waals surface area contributed by atoms with E-state index >= 15 is 0 Å². The number of nitrogens with zero attached hydrogens (tertiary/aromatic N) is 5. The molecule has 8 heteroatoms. The van der Waals surface area contributed by atoms with Crippen molar-refractivity contribution in [1.29, 1.82) is 0 Å². The number of carbonyl (C=O) groups excluding carboxylic acids is 2. The fourth-order valence-corrected chi connectivity index (χ4v) is 4.17. The average Bonchev–Trinajstić information content (AvgIpc) is 3.33. The van der Waals surface area contributed by atoms with Crippen molar-refractivity contribution in [2.45, 2.75) is 25.7 Å². The Morgan fingerprint density at radius 2 is 1.97 bits per heavy atom. The van der Waals surface area contributed by atoms with E-state index in [0.717, 1.165) is 57.8 Å². The van der Waals surface area contributed by atoms with Crippen LogP contribution in [0.2, 0.25) is 0 Å². The number of piperidine rings is 1. The van der Waals surface area contributed by atoms with Gasteiger partial charge in [0.1, 0.15) is 5.82 Å². The quantitative estimate of drug-likeness (QED) is 0.768. The number of hydrogen-bond acceptors (Lipinski definition) is 6. The molecule has 4 heterocycles. The number of carbonyl (C=O) groups is 2. The maximum Gasteiger partial charge on any atom is 0.291 e. The first-order valence-electron chi connectivity index (χ1n) is 10.3. The van der Waals surface area contributed by atoms with Crippen LogP contribution in [0.25, 0.3) is 0 Å². The van der Waals surface area contributed by atoms with Crippen LogP contribution in [0, 0.1) is 5.92 Å². The molecule has 0 unspecified atom stereocenters. The molecule has 2 fully saturated rings. The second-order valence-electron chi connectivity index (χ2n) is 7.72. The first kappa shape index (κ1) is 19.4. The number of rotatable bonds is 5. The third kappa shape index (κ3) is 4.75. The number of pyridine rings is 1. The molecule has 4 rings (SSSR count). The Bertz CT molecular complexity index is 803. The van der Waals surface area contributed by atoms with Gasteiger partial charge in [0.05, 0.1) is 6.20 Å². The molecule has 29 heavy (non-hydrogen) atoms. The van der Waals surface area contributed by atoms with E-state index in [1.54, 1.807) is 6.20 Å². The fourth-order valence-electron chi connectivity index (χ4n) is 4.17. The number of anilines is 1. The zero-order valence-corrected chi connectivity index (χ0v) is 16.6. The number of aromatic nitrogens is 2. The van der Waals surface area contributed by atoms with Gasteiger partial charge >= 0.3 is 0 Å². The number of oxazole rings is 1. The number of likely N-dealkylation sites (tertiary alicyclic amines) is 1. The smallest absolute Gasteiger partial charge is 0.291 e. The first-order chi connectivity index (χ1) is 14.2. The molecule has 0 spiro atoms. The monoisotopic (exact) mass is 397 g/mol. The van der Waals surface area contributed by atoms with Crippen molar-refractivity contribution < 1.29 is 14.0 Å². The fraction of sp³-hybridized carbons (Fsp3) is 0.524. The van der Waals surface area contributed by atoms with Gasteiger partial charge in [-0.3, -0.25) is 9.59 Å². The molecule has 154 valence electrons. The molecule has 0 bridgehead atoms. The Hall–Kier alpha value is -2.90. The maximum absolute atomic E-state index is 12.7. The van der Waals surface area contributed by atoms with Gasteiger partial charge in [0.15, 0.2) is 6.39 Å². The first-order valence-corrected chi connectivity index (χ1v) is 10.3. The second-order valence-corrected chi connectivity index (χ2v) is 7.72. The van der Waals surface area contributed by atoms with Crippen molar-refractivity contribution in [1.82, 2.24) is 19.8 Å². The lowest BCUT2D eigenvalue weighted by atomic mass is 9.93. The highest BCUT2D eigenvalue weighted by molar-refractivity contribution is 5.91. The minimum absolute atomic E-state index is 0.107. The zero-order chi connectivity index (χ0) is 20.1. The summed E-state index contributed by atoms with van der Waals surface area (Å²) >= 11 is 0. The Balaban J connectivity index is 1.22. The van der Waals surface area contributed by atoms with E-state index in [1.165, 1.54) is 12.6 Å². The standard InChI is InChI=1S/C21H27N5O3/c27-20(25-12-10-24(11-13-25)19-5-1-2-8-23-19)7-6-17-4-3-9-26(15-17)21(28)18-14-22-16-29-18/h1-2,5,8,14,16-17H,3-4,6-7,9-13,15H2/t17-/m1/s1. The topological polar surface area (TPSA) is 82.8 Å². The van der Waals surface area contributed by atoms with Gasteiger partial charge in [-0.1, -0.05) is 6.07 Å². The second kappa shape index (κ2) is 9.07. The molecule has 0 radical (unpaired) electrons. The normalized spacial score (nSPS) is 20.0. The Morgan fingerprint density at radius 1 is 1.10 bits per heavy atom. The summed E-state index contributed by atoms with van der Waals surface area (Å²) in [5.41, 5.74) is 0. The zero-order valence-electron chi connectivity index (χ0n) is 16.6. The largest absolute Gasteiger partial charge is 0.438 e. The molecule has 2 saturated heterocycles. The van der Waals surface area contributed by atoms with Gasteiger partial charge < -0.3 is 19.1 Å². The van der Waals surface area contributed by atoms with Crippen molar-refractivity contribution in [3.63, 3.8) is 0 Å². The molecule has 8 nitrogen and oxygen atoms in total. The van der Waals surface area contributed by atoms with E-state index in [9.17, 15) is 9.59 Å². The van der Waals surface area contributed by atoms with Gasteiger partial charge in [-0.2, -0.15) is 0 Å². The Kier molecular flexibility index (Phi) is 6.07. The van der Waals surface area contributed by atoms with Crippen LogP contribution in [-0.4, -0.2) is 70.9 Å². The van der Waals surface area contributed by atoms with Crippen LogP contribution in [0.3, 0.4) is 0 Å². The summed E-state index contributed by atoms with van der Waals surface area (Å²) in [5.74, 6) is 1.72. The van der Waals surface area contributed by atoms with Gasteiger partial charge in [0.25, 0.3) is 5.91 Å². The predicted octanol–water partition coefficient (Wildman–Crippen LogP) is 2.05. The highest BCUT2D eigenvalue weighted by atomic mass is 16.3. The SMILES string of the molecule is O=C(CC[C@H]1CCCN(C(=O)c2cnco2)C1)N1CCN(c2ccccn2)CC1. The molecule has 2 aliphatic rings. The van der Waals surface area contributed by atoms with Crippen LogP contribution in [0.1, 0.15) is 36.2 Å². The molecular formula is C21H27N5O3. The molecular weight excluding hydrogens is 370 g/mol. The number of hydrogen-bond donors (Lipinski definition) is 0. The van der Waals surface area contributed by atoms with Crippen LogP contribution in [0.5, 0.6) is 0 Å². The molecule has 2 amide bonds. The van der Waals surface area contributed by atoms with Crippen LogP contribution in [0.15, 0.2) is 41.4 Å². The summed E-state index contributed by atoms with van der Waals surface area (Å²) in [6.07, 6.45) is 7.91. The summed E-state index contributed by atoms with van der Waals surface area (Å²) in [6, 6.07) is 5.90. The van der Waals surface area contributed by atoms with E-state index in [0.29, 0.717) is 18.9 Å². The third-order valence-corrected chi connectivity index (χ3v) is 5.82. The highest BCUT2D eigenvalue weighted by Crippen LogP contribution is 2.23. The van der Waals surface area contributed by atoms with Crippen molar-refractivity contribution in [2.24, 2.45) is 5.92 Å². The summed E-state index contributed by atoms with van der Waals surface area (Å²) in [7, 11) is 0. The Morgan fingerprint density at radius 3 is 2.69 bits per heavy atom. The summed E-state index contributed by atoms with van der Waals surface area (Å²) < 4.78 is 5.13. The lowest BCUT2D eigenvalue weighted by Crippen LogP contribution is -2.49. The van der Waals surface area contributed by atoms with Gasteiger partial charge in [-0.25, -0.2) is 9.97 Å². The average molecular weight is 397 g/mol. The van der Waals surface area contributed by atoms with Gasteiger partial charge in [0.2, 0.25) is 11.7 Å². The van der Waals surface area contributed by atoms with Gasteiger partial charge in [0, 0.05) is 51.9 Å². The minimum Gasteiger partial charge on any atom is -0.438 e. The van der Waals surface area contributed by atoms with Crippen molar-refractivity contribution in [3.05, 3.63) is 42.7 Å². The van der Waals surface area contributed by atoms with E-state index in [4.69, 9.17) is 4.42 Å². The molecule has 1 atom stereocenters.